The fourth-order valence-electron chi connectivity index (χ4n) is 4.85. The van der Waals surface area contributed by atoms with Crippen LogP contribution in [0.4, 0.5) is 19.3 Å². The van der Waals surface area contributed by atoms with E-state index in [1.807, 2.05) is 0 Å². The van der Waals surface area contributed by atoms with Crippen LogP contribution in [-0.2, 0) is 4.74 Å². The third-order valence-electron chi connectivity index (χ3n) is 6.07. The number of hydrogen-bond acceptors (Lipinski definition) is 6. The number of likely N-dealkylation sites (tertiary alicyclic amines) is 1. The van der Waals surface area contributed by atoms with Gasteiger partial charge in [0.2, 0.25) is 5.90 Å². The summed E-state index contributed by atoms with van der Waals surface area (Å²) in [5.74, 6) is -0.992. The number of nitrogens with zero attached hydrogens (tertiary/aromatic N) is 3. The van der Waals surface area contributed by atoms with Crippen molar-refractivity contribution in [1.29, 1.82) is 10.8 Å². The van der Waals surface area contributed by atoms with E-state index in [1.165, 1.54) is 24.0 Å². The van der Waals surface area contributed by atoms with Gasteiger partial charge >= 0.3 is 6.03 Å². The number of hydrogen-bond donors (Lipinski definition) is 3. The Hall–Kier alpha value is -3.43. The number of rotatable bonds is 3. The van der Waals surface area contributed by atoms with Crippen molar-refractivity contribution in [3.05, 3.63) is 41.7 Å². The number of amides is 2. The molecule has 8 nitrogen and oxygen atoms in total. The highest BCUT2D eigenvalue weighted by Crippen LogP contribution is 2.50. The molecule has 3 atom stereocenters. The predicted octanol–water partition coefficient (Wildman–Crippen LogP) is 4.74. The maximum atomic E-state index is 14.7. The zero-order valence-electron chi connectivity index (χ0n) is 18.0. The lowest BCUT2D eigenvalue weighted by molar-refractivity contribution is -0.0539. The van der Waals surface area contributed by atoms with Gasteiger partial charge in [-0.05, 0) is 43.4 Å². The normalized spacial score (nSPS) is 23.8. The average molecular weight is 444 g/mol. The lowest BCUT2D eigenvalue weighted by Crippen LogP contribution is -2.75. The van der Waals surface area contributed by atoms with Gasteiger partial charge in [-0.3, -0.25) is 10.8 Å². The third-order valence-corrected chi connectivity index (χ3v) is 6.07. The first kappa shape index (κ1) is 21.8. The van der Waals surface area contributed by atoms with E-state index in [2.05, 4.69) is 22.2 Å². The fourth-order valence-corrected chi connectivity index (χ4v) is 4.85. The van der Waals surface area contributed by atoms with Crippen LogP contribution in [0.25, 0.3) is 11.4 Å². The monoisotopic (exact) mass is 444 g/mol. The molecule has 2 aliphatic rings. The highest BCUT2D eigenvalue weighted by molar-refractivity contribution is 6.00. The molecule has 2 amide bonds. The summed E-state index contributed by atoms with van der Waals surface area (Å²) in [5, 5.41) is 18.5. The molecular weight excluding hydrogens is 418 g/mol. The smallest absolute Gasteiger partial charge is 0.323 e. The lowest BCUT2D eigenvalue weighted by atomic mass is 9.64. The Labute approximate surface area is 185 Å². The van der Waals surface area contributed by atoms with Crippen molar-refractivity contribution in [2.75, 3.05) is 5.32 Å². The Balaban J connectivity index is 0.00000306. The topological polar surface area (TPSA) is 115 Å². The Kier molecular flexibility index (Phi) is 5.39. The number of carbonyl (C=O) groups is 1. The van der Waals surface area contributed by atoms with E-state index in [-0.39, 0.29) is 36.7 Å². The van der Waals surface area contributed by atoms with Crippen LogP contribution in [0, 0.1) is 35.3 Å². The molecule has 4 rings (SSSR count). The van der Waals surface area contributed by atoms with E-state index < -0.39 is 23.2 Å². The largest absolute Gasteiger partial charge is 0.428 e. The molecule has 0 radical (unpaired) electrons. The third kappa shape index (κ3) is 3.69. The van der Waals surface area contributed by atoms with Crippen LogP contribution in [0.15, 0.2) is 24.5 Å². The van der Waals surface area contributed by atoms with E-state index in [9.17, 15) is 13.6 Å². The second kappa shape index (κ2) is 7.92. The van der Waals surface area contributed by atoms with Crippen molar-refractivity contribution in [2.24, 2.45) is 5.92 Å². The Morgan fingerprint density at radius 2 is 1.97 bits per heavy atom. The van der Waals surface area contributed by atoms with Crippen LogP contribution in [0.5, 0.6) is 0 Å². The molecule has 1 aliphatic heterocycles. The minimum Gasteiger partial charge on any atom is -0.428 e. The Bertz CT molecular complexity index is 1110. The average Bonchev–Trinajstić information content (AvgIpc) is 2.69. The number of anilines is 1. The SMILES string of the molecule is CC(=N)OC(=N)[C@@]12C[C@H](C)C[C@@H](C1)N2C(=O)Nc1cc(-c2ncc(F)cn2)c(C)cc1F.[HH]. The molecule has 0 unspecified atom stereocenters. The summed E-state index contributed by atoms with van der Waals surface area (Å²) in [6, 6.07) is 2.04. The van der Waals surface area contributed by atoms with Crippen LogP contribution in [0.2, 0.25) is 0 Å². The van der Waals surface area contributed by atoms with Gasteiger partial charge in [-0.1, -0.05) is 6.92 Å². The van der Waals surface area contributed by atoms with Crippen LogP contribution in [0.1, 0.15) is 40.1 Å². The quantitative estimate of drug-likeness (QED) is 0.468. The number of carbonyl (C=O) groups excluding carboxylic acids is 1. The van der Waals surface area contributed by atoms with Gasteiger partial charge in [-0.2, -0.15) is 0 Å². The number of urea groups is 1. The molecule has 1 saturated heterocycles. The summed E-state index contributed by atoms with van der Waals surface area (Å²) in [7, 11) is 0. The number of piperidine rings is 1. The second-order valence-electron chi connectivity index (χ2n) is 8.59. The number of fused-ring (bicyclic) bond motifs is 2. The first-order chi connectivity index (χ1) is 15.1. The van der Waals surface area contributed by atoms with Crippen LogP contribution in [-0.4, -0.2) is 44.3 Å². The first-order valence-corrected chi connectivity index (χ1v) is 10.3. The van der Waals surface area contributed by atoms with Gasteiger partial charge in [0, 0.05) is 26.4 Å². The number of ether oxygens (including phenoxy) is 1. The summed E-state index contributed by atoms with van der Waals surface area (Å²) in [6.45, 7) is 5.15. The maximum absolute atomic E-state index is 14.7. The molecule has 2 heterocycles. The molecule has 10 heteroatoms. The van der Waals surface area contributed by atoms with E-state index in [0.29, 0.717) is 24.0 Å². The van der Waals surface area contributed by atoms with Gasteiger partial charge in [-0.15, -0.1) is 0 Å². The number of halogens is 2. The van der Waals surface area contributed by atoms with Crippen molar-refractivity contribution in [3.63, 3.8) is 0 Å². The molecule has 3 N–H and O–H groups in total. The van der Waals surface area contributed by atoms with Crippen molar-refractivity contribution in [3.8, 4) is 11.4 Å². The summed E-state index contributed by atoms with van der Waals surface area (Å²) >= 11 is 0. The zero-order valence-corrected chi connectivity index (χ0v) is 18.0. The van der Waals surface area contributed by atoms with Gasteiger partial charge in [0.1, 0.15) is 11.4 Å². The van der Waals surface area contributed by atoms with Crippen molar-refractivity contribution in [2.45, 2.75) is 51.6 Å². The maximum Gasteiger partial charge on any atom is 0.323 e. The molecule has 0 spiro atoms. The van der Waals surface area contributed by atoms with Gasteiger partial charge < -0.3 is 15.0 Å². The van der Waals surface area contributed by atoms with Gasteiger partial charge in [0.15, 0.2) is 17.5 Å². The number of nitrogens with one attached hydrogen (secondary N) is 3. The Morgan fingerprint density at radius 3 is 2.62 bits per heavy atom. The van der Waals surface area contributed by atoms with E-state index in [1.54, 1.807) is 6.92 Å². The summed E-state index contributed by atoms with van der Waals surface area (Å²) in [6.07, 6.45) is 3.92. The van der Waals surface area contributed by atoms with E-state index >= 15 is 0 Å². The molecular formula is C22H26F2N6O2. The first-order valence-electron chi connectivity index (χ1n) is 10.3. The van der Waals surface area contributed by atoms with Gasteiger partial charge in [-0.25, -0.2) is 23.5 Å². The standard InChI is InChI=1S/C22H24F2N6O2.H2/c1-11-4-15-8-22(7-11,20(26)32-13(3)25)30(15)21(31)29-18-6-16(12(2)5-17(18)24)19-27-9-14(23)10-28-19;/h5-6,9-11,15,25-26H,4,7-8H2,1-3H3,(H,29,31);1H/t11-,15+,22-;/m1./s1. The summed E-state index contributed by atoms with van der Waals surface area (Å²) in [4.78, 5) is 22.6. The molecule has 1 saturated carbocycles. The molecule has 2 bridgehead atoms. The fraction of sp³-hybridized carbons (Fsp3) is 0.409. The van der Waals surface area contributed by atoms with Crippen LogP contribution in [0.3, 0.4) is 0 Å². The highest BCUT2D eigenvalue weighted by Gasteiger charge is 2.62. The van der Waals surface area contributed by atoms with Gasteiger partial charge in [0.25, 0.3) is 0 Å². The Morgan fingerprint density at radius 1 is 1.28 bits per heavy atom. The summed E-state index contributed by atoms with van der Waals surface area (Å²) in [5.41, 5.74) is -0.00898. The van der Waals surface area contributed by atoms with Crippen LogP contribution < -0.4 is 5.32 Å². The van der Waals surface area contributed by atoms with Crippen LogP contribution >= 0.6 is 0 Å². The molecule has 2 fully saturated rings. The number of aromatic nitrogens is 2. The molecule has 32 heavy (non-hydrogen) atoms. The molecule has 1 aromatic carbocycles. The summed E-state index contributed by atoms with van der Waals surface area (Å²) < 4.78 is 33.1. The van der Waals surface area contributed by atoms with Gasteiger partial charge in [0.05, 0.1) is 18.1 Å². The molecule has 170 valence electrons. The van der Waals surface area contributed by atoms with E-state index in [4.69, 9.17) is 15.6 Å². The number of benzene rings is 1. The lowest BCUT2D eigenvalue weighted by Gasteiger charge is -2.62. The van der Waals surface area contributed by atoms with Crippen molar-refractivity contribution < 1.29 is 19.7 Å². The molecule has 2 aromatic rings. The second-order valence-corrected chi connectivity index (χ2v) is 8.59. The number of aryl methyl sites for hydroxylation is 1. The minimum absolute atomic E-state index is 0. The molecule has 1 aromatic heterocycles. The highest BCUT2D eigenvalue weighted by atomic mass is 19.1. The minimum atomic E-state index is -0.946. The van der Waals surface area contributed by atoms with Crippen molar-refractivity contribution >= 4 is 23.5 Å². The molecule has 1 aliphatic carbocycles. The van der Waals surface area contributed by atoms with E-state index in [0.717, 1.165) is 18.8 Å². The zero-order chi connectivity index (χ0) is 23.2. The predicted molar refractivity (Wildman–Crippen MR) is 117 cm³/mol. The van der Waals surface area contributed by atoms with Crippen molar-refractivity contribution in [1.82, 2.24) is 14.9 Å².